The van der Waals surface area contributed by atoms with Crippen LogP contribution in [0.3, 0.4) is 0 Å². The van der Waals surface area contributed by atoms with Gasteiger partial charge in [-0.25, -0.2) is 9.97 Å². The molecular weight excluding hydrogens is 433 g/mol. The Hall–Kier alpha value is -3.14. The van der Waals surface area contributed by atoms with E-state index in [0.29, 0.717) is 23.0 Å². The zero-order valence-electron chi connectivity index (χ0n) is 18.2. The SMILES string of the molecule is CN1CCC[C@H](Nc2ncc(C(F)(F)F)c(-c3c[nH]c4c(C5CC5)c(NC=O)ccc34)n2)C1. The summed E-state index contributed by atoms with van der Waals surface area (Å²) in [5.74, 6) is 0.463. The van der Waals surface area contributed by atoms with E-state index in [1.165, 1.54) is 0 Å². The van der Waals surface area contributed by atoms with Gasteiger partial charge in [-0.3, -0.25) is 4.79 Å². The number of nitrogens with one attached hydrogen (secondary N) is 3. The largest absolute Gasteiger partial charge is 0.419 e. The first-order chi connectivity index (χ1) is 15.8. The zero-order valence-corrected chi connectivity index (χ0v) is 18.2. The number of piperidine rings is 1. The monoisotopic (exact) mass is 458 g/mol. The normalized spacial score (nSPS) is 19.6. The average Bonchev–Trinajstić information content (AvgIpc) is 3.51. The number of alkyl halides is 3. The molecule has 2 fully saturated rings. The van der Waals surface area contributed by atoms with Crippen molar-refractivity contribution in [1.82, 2.24) is 19.9 Å². The lowest BCUT2D eigenvalue weighted by Crippen LogP contribution is -2.40. The molecule has 0 spiro atoms. The number of H-pyrrole nitrogens is 1. The van der Waals surface area contributed by atoms with E-state index in [4.69, 9.17) is 0 Å². The van der Waals surface area contributed by atoms with E-state index in [1.807, 2.05) is 7.05 Å². The fourth-order valence-corrected chi connectivity index (χ4v) is 4.73. The molecule has 1 aromatic carbocycles. The molecule has 1 aliphatic carbocycles. The average molecular weight is 458 g/mol. The maximum atomic E-state index is 13.9. The summed E-state index contributed by atoms with van der Waals surface area (Å²) >= 11 is 0. The Bertz CT molecular complexity index is 1190. The molecule has 3 aromatic rings. The fraction of sp³-hybridized carbons (Fsp3) is 0.435. The third-order valence-corrected chi connectivity index (χ3v) is 6.40. The Morgan fingerprint density at radius 3 is 2.76 bits per heavy atom. The molecule has 3 heterocycles. The number of likely N-dealkylation sites (tertiary alicyclic amines) is 1. The van der Waals surface area contributed by atoms with Gasteiger partial charge < -0.3 is 20.5 Å². The second-order valence-electron chi connectivity index (χ2n) is 8.89. The molecule has 10 heteroatoms. The standard InChI is InChI=1S/C23H25F3N6O/c1-32-8-2-3-14(11-32)30-22-28-10-17(23(24,25)26)20(31-22)16-9-27-21-15(16)6-7-18(29-12-33)19(21)13-4-5-13/h6-7,9-10,12-14,27H,2-5,8,11H2,1H3,(H,29,33)(H,28,30,31)/t14-/m0/s1. The van der Waals surface area contributed by atoms with E-state index in [1.54, 1.807) is 18.3 Å². The van der Waals surface area contributed by atoms with Crippen molar-refractivity contribution in [1.29, 1.82) is 0 Å². The summed E-state index contributed by atoms with van der Waals surface area (Å²) in [7, 11) is 2.02. The van der Waals surface area contributed by atoms with Crippen LogP contribution in [-0.2, 0) is 11.0 Å². The smallest absolute Gasteiger partial charge is 0.360 e. The number of rotatable bonds is 6. The van der Waals surface area contributed by atoms with Crippen LogP contribution in [0.15, 0.2) is 24.5 Å². The van der Waals surface area contributed by atoms with Gasteiger partial charge in [-0.1, -0.05) is 6.07 Å². The third-order valence-electron chi connectivity index (χ3n) is 6.40. The van der Waals surface area contributed by atoms with E-state index < -0.39 is 11.7 Å². The Kier molecular flexibility index (Phi) is 5.48. The lowest BCUT2D eigenvalue weighted by Gasteiger charge is -2.30. The van der Waals surface area contributed by atoms with Crippen LogP contribution in [-0.4, -0.2) is 52.4 Å². The molecule has 3 N–H and O–H groups in total. The predicted molar refractivity (Wildman–Crippen MR) is 120 cm³/mol. The van der Waals surface area contributed by atoms with Gasteiger partial charge in [-0.05, 0) is 51.3 Å². The first kappa shape index (κ1) is 21.7. The molecule has 1 saturated carbocycles. The third kappa shape index (κ3) is 4.27. The van der Waals surface area contributed by atoms with Crippen molar-refractivity contribution < 1.29 is 18.0 Å². The summed E-state index contributed by atoms with van der Waals surface area (Å²) in [5, 5.41) is 6.57. The molecule has 1 saturated heterocycles. The first-order valence-electron chi connectivity index (χ1n) is 11.1. The summed E-state index contributed by atoms with van der Waals surface area (Å²) in [6, 6.07) is 3.55. The van der Waals surface area contributed by atoms with Gasteiger partial charge in [0.2, 0.25) is 12.4 Å². The van der Waals surface area contributed by atoms with Crippen molar-refractivity contribution in [2.45, 2.75) is 43.8 Å². The van der Waals surface area contributed by atoms with Crippen LogP contribution < -0.4 is 10.6 Å². The lowest BCUT2D eigenvalue weighted by molar-refractivity contribution is -0.137. The van der Waals surface area contributed by atoms with E-state index in [-0.39, 0.29) is 23.6 Å². The van der Waals surface area contributed by atoms with E-state index >= 15 is 0 Å². The highest BCUT2D eigenvalue weighted by Crippen LogP contribution is 2.48. The summed E-state index contributed by atoms with van der Waals surface area (Å²) in [5.41, 5.74) is 1.66. The highest BCUT2D eigenvalue weighted by Gasteiger charge is 2.37. The van der Waals surface area contributed by atoms with Crippen LogP contribution in [0.5, 0.6) is 0 Å². The Balaban J connectivity index is 1.59. The van der Waals surface area contributed by atoms with Crippen molar-refractivity contribution in [3.8, 4) is 11.3 Å². The number of hydrogen-bond acceptors (Lipinski definition) is 5. The second-order valence-corrected chi connectivity index (χ2v) is 8.89. The van der Waals surface area contributed by atoms with Gasteiger partial charge >= 0.3 is 6.18 Å². The van der Waals surface area contributed by atoms with Gasteiger partial charge in [0.15, 0.2) is 0 Å². The van der Waals surface area contributed by atoms with Gasteiger partial charge in [0, 0.05) is 47.2 Å². The van der Waals surface area contributed by atoms with Crippen LogP contribution in [0, 0.1) is 0 Å². The number of nitrogens with zero attached hydrogens (tertiary/aromatic N) is 3. The lowest BCUT2D eigenvalue weighted by atomic mass is 10.0. The molecule has 7 nitrogen and oxygen atoms in total. The summed E-state index contributed by atoms with van der Waals surface area (Å²) < 4.78 is 41.7. The highest BCUT2D eigenvalue weighted by molar-refractivity contribution is 6.00. The molecule has 33 heavy (non-hydrogen) atoms. The Morgan fingerprint density at radius 1 is 1.24 bits per heavy atom. The Labute approximate surface area is 188 Å². The number of halogens is 3. The van der Waals surface area contributed by atoms with Crippen molar-refractivity contribution in [2.75, 3.05) is 30.8 Å². The topological polar surface area (TPSA) is 85.9 Å². The minimum absolute atomic E-state index is 0.0785. The van der Waals surface area contributed by atoms with Crippen LogP contribution in [0.1, 0.15) is 42.7 Å². The fourth-order valence-electron chi connectivity index (χ4n) is 4.73. The predicted octanol–water partition coefficient (Wildman–Crippen LogP) is 4.60. The zero-order chi connectivity index (χ0) is 23.2. The number of fused-ring (bicyclic) bond motifs is 1. The molecule has 0 radical (unpaired) electrons. The summed E-state index contributed by atoms with van der Waals surface area (Å²) in [4.78, 5) is 24.7. The molecule has 0 bridgehead atoms. The molecule has 1 aliphatic heterocycles. The highest BCUT2D eigenvalue weighted by atomic mass is 19.4. The van der Waals surface area contributed by atoms with Gasteiger partial charge in [0.25, 0.3) is 0 Å². The van der Waals surface area contributed by atoms with Crippen LogP contribution >= 0.6 is 0 Å². The number of carbonyl (C=O) groups is 1. The molecule has 1 amide bonds. The quantitative estimate of drug-likeness (QED) is 0.470. The number of aromatic amines is 1. The number of benzene rings is 1. The van der Waals surface area contributed by atoms with Gasteiger partial charge in [0.05, 0.1) is 11.2 Å². The minimum Gasteiger partial charge on any atom is -0.360 e. The number of aromatic nitrogens is 3. The van der Waals surface area contributed by atoms with Gasteiger partial charge in [0.1, 0.15) is 5.56 Å². The van der Waals surface area contributed by atoms with Gasteiger partial charge in [-0.2, -0.15) is 13.2 Å². The van der Waals surface area contributed by atoms with E-state index in [2.05, 4.69) is 30.5 Å². The van der Waals surface area contributed by atoms with Crippen LogP contribution in [0.25, 0.3) is 22.2 Å². The van der Waals surface area contributed by atoms with Gasteiger partial charge in [-0.15, -0.1) is 0 Å². The molecule has 174 valence electrons. The number of likely N-dealkylation sites (N-methyl/N-ethyl adjacent to an activating group) is 1. The summed E-state index contributed by atoms with van der Waals surface area (Å²) in [6.07, 6.45) is 2.32. The van der Waals surface area contributed by atoms with Crippen molar-refractivity contribution in [3.63, 3.8) is 0 Å². The maximum Gasteiger partial charge on any atom is 0.419 e. The van der Waals surface area contributed by atoms with Crippen LogP contribution in [0.4, 0.5) is 24.8 Å². The first-order valence-corrected chi connectivity index (χ1v) is 11.1. The molecular formula is C23H25F3N6O. The molecule has 1 atom stereocenters. The van der Waals surface area contributed by atoms with E-state index in [0.717, 1.165) is 56.0 Å². The van der Waals surface area contributed by atoms with E-state index in [9.17, 15) is 18.0 Å². The van der Waals surface area contributed by atoms with Crippen molar-refractivity contribution in [3.05, 3.63) is 35.7 Å². The number of anilines is 2. The second kappa shape index (κ2) is 8.33. The number of carbonyl (C=O) groups excluding carboxylic acids is 1. The molecule has 2 aromatic heterocycles. The number of amides is 1. The maximum absolute atomic E-state index is 13.9. The van der Waals surface area contributed by atoms with Crippen molar-refractivity contribution >= 4 is 28.9 Å². The molecule has 0 unspecified atom stereocenters. The number of hydrogen-bond donors (Lipinski definition) is 3. The molecule has 5 rings (SSSR count). The minimum atomic E-state index is -4.60. The summed E-state index contributed by atoms with van der Waals surface area (Å²) in [6.45, 7) is 1.78. The molecule has 2 aliphatic rings. The van der Waals surface area contributed by atoms with Crippen LogP contribution in [0.2, 0.25) is 0 Å². The van der Waals surface area contributed by atoms with Crippen molar-refractivity contribution in [2.24, 2.45) is 0 Å². The Morgan fingerprint density at radius 2 is 2.06 bits per heavy atom.